The van der Waals surface area contributed by atoms with Crippen molar-refractivity contribution in [3.63, 3.8) is 0 Å². The van der Waals surface area contributed by atoms with E-state index in [1.54, 1.807) is 6.07 Å². The number of hydrogen-bond acceptors (Lipinski definition) is 9. The van der Waals surface area contributed by atoms with Crippen molar-refractivity contribution in [2.24, 2.45) is 7.05 Å². The van der Waals surface area contributed by atoms with E-state index in [0.29, 0.717) is 22.8 Å². The number of alkyl halides is 3. The molecule has 0 saturated carbocycles. The Labute approximate surface area is 245 Å². The van der Waals surface area contributed by atoms with Crippen molar-refractivity contribution >= 4 is 40.0 Å². The van der Waals surface area contributed by atoms with Gasteiger partial charge in [-0.05, 0) is 42.5 Å². The molecule has 1 amide bonds. The second-order valence-electron chi connectivity index (χ2n) is 9.24. The normalized spacial score (nSPS) is 12.3. The van der Waals surface area contributed by atoms with Gasteiger partial charge in [0.1, 0.15) is 17.7 Å². The van der Waals surface area contributed by atoms with Crippen LogP contribution in [0.5, 0.6) is 0 Å². The summed E-state index contributed by atoms with van der Waals surface area (Å²) in [6, 6.07) is 5.31. The smallest absolute Gasteiger partial charge is 0.342 e. The third-order valence-electron chi connectivity index (χ3n) is 6.34. The molecule has 0 radical (unpaired) electrons. The minimum Gasteiger partial charge on any atom is -0.342 e. The Bertz CT molecular complexity index is 1970. The van der Waals surface area contributed by atoms with E-state index < -0.39 is 91.6 Å². The number of nitrogens with zero attached hydrogens (tertiary/aromatic N) is 3. The molecule has 3 aromatic carbocycles. The molecular formula is C26H16ClF5N4O8. The lowest BCUT2D eigenvalue weighted by molar-refractivity contribution is -0.480. The number of benzene rings is 3. The fourth-order valence-corrected chi connectivity index (χ4v) is 4.50. The maximum atomic E-state index is 14.1. The molecule has 12 nitrogen and oxygen atoms in total. The quantitative estimate of drug-likeness (QED) is 0.103. The molecule has 0 saturated heterocycles. The van der Waals surface area contributed by atoms with Crippen molar-refractivity contribution in [3.05, 3.63) is 97.4 Å². The van der Waals surface area contributed by atoms with Gasteiger partial charge in [-0.2, -0.15) is 18.4 Å². The van der Waals surface area contributed by atoms with E-state index in [1.165, 1.54) is 0 Å². The Kier molecular flexibility index (Phi) is 7.90. The summed E-state index contributed by atoms with van der Waals surface area (Å²) in [6.45, 7) is 0. The zero-order chi connectivity index (χ0) is 33.1. The van der Waals surface area contributed by atoms with Crippen molar-refractivity contribution in [1.82, 2.24) is 9.13 Å². The lowest BCUT2D eigenvalue weighted by atomic mass is 9.95. The molecule has 4 rings (SSSR count). The van der Waals surface area contributed by atoms with Crippen LogP contribution in [0.4, 0.5) is 27.6 Å². The van der Waals surface area contributed by atoms with Gasteiger partial charge in [0.05, 0.1) is 38.4 Å². The van der Waals surface area contributed by atoms with Crippen molar-refractivity contribution in [2.45, 2.75) is 18.1 Å². The molecule has 18 heteroatoms. The Balaban J connectivity index is 2.10. The summed E-state index contributed by atoms with van der Waals surface area (Å²) in [7, 11) is 0.916. The number of anilines is 1. The fraction of sp³-hybridized carbons (Fsp3) is 0.154. The van der Waals surface area contributed by atoms with Gasteiger partial charge in [-0.3, -0.25) is 14.2 Å². The Morgan fingerprint density at radius 2 is 1.61 bits per heavy atom. The van der Waals surface area contributed by atoms with Gasteiger partial charge >= 0.3 is 23.8 Å². The zero-order valence-corrected chi connectivity index (χ0v) is 22.4. The molecule has 230 valence electrons. The molecule has 6 N–H and O–H groups in total. The van der Waals surface area contributed by atoms with Crippen LogP contribution in [0.1, 0.15) is 37.4 Å². The summed E-state index contributed by atoms with van der Waals surface area (Å²) in [5.41, 5.74) is -8.77. The molecule has 4 aromatic rings. The van der Waals surface area contributed by atoms with E-state index >= 15 is 0 Å². The van der Waals surface area contributed by atoms with E-state index in [4.69, 9.17) is 11.6 Å². The van der Waals surface area contributed by atoms with Crippen LogP contribution in [0, 0.1) is 23.0 Å². The first kappa shape index (κ1) is 32.2. The highest BCUT2D eigenvalue weighted by Gasteiger charge is 2.51. The van der Waals surface area contributed by atoms with Gasteiger partial charge in [-0.15, -0.1) is 0 Å². The minimum atomic E-state index is -5.10. The molecule has 0 bridgehead atoms. The number of imidazole rings is 1. The van der Waals surface area contributed by atoms with E-state index in [0.717, 1.165) is 19.2 Å². The third-order valence-corrected chi connectivity index (χ3v) is 6.67. The first-order chi connectivity index (χ1) is 20.2. The van der Waals surface area contributed by atoms with Gasteiger partial charge in [0.15, 0.2) is 5.78 Å². The van der Waals surface area contributed by atoms with Gasteiger partial charge in [-0.1, -0.05) is 11.6 Å². The number of carbonyl (C=O) groups excluding carboxylic acids is 2. The first-order valence-electron chi connectivity index (χ1n) is 11.7. The zero-order valence-electron chi connectivity index (χ0n) is 21.6. The van der Waals surface area contributed by atoms with Crippen LogP contribution < -0.4 is 11.0 Å². The van der Waals surface area contributed by atoms with E-state index in [-0.39, 0.29) is 21.7 Å². The predicted octanol–water partition coefficient (Wildman–Crippen LogP) is 1.87. The molecule has 1 heterocycles. The fourth-order valence-electron chi connectivity index (χ4n) is 4.30. The SMILES string of the molecule is Cn1c(=O)n(C(O)(O)C(O)(O)O)c2cc(NC(=O)c3cc(F)cc(C(F)(F)F)c3)c(C(=O)c3cc(F)ccc3Cl)c(C#N)c21. The summed E-state index contributed by atoms with van der Waals surface area (Å²) in [5, 5.41) is 60.8. The average molecular weight is 643 g/mol. The number of amides is 1. The Morgan fingerprint density at radius 3 is 2.18 bits per heavy atom. The van der Waals surface area contributed by atoms with Crippen LogP contribution in [0.15, 0.2) is 47.3 Å². The number of aromatic nitrogens is 2. The van der Waals surface area contributed by atoms with E-state index in [2.05, 4.69) is 0 Å². The lowest BCUT2D eigenvalue weighted by Crippen LogP contribution is -2.58. The van der Waals surface area contributed by atoms with Gasteiger partial charge in [-0.25, -0.2) is 18.1 Å². The molecule has 0 spiro atoms. The van der Waals surface area contributed by atoms with Gasteiger partial charge in [0, 0.05) is 18.2 Å². The third kappa shape index (κ3) is 5.41. The molecule has 0 unspecified atom stereocenters. The summed E-state index contributed by atoms with van der Waals surface area (Å²) >= 11 is 6.04. The molecular weight excluding hydrogens is 627 g/mol. The summed E-state index contributed by atoms with van der Waals surface area (Å²) in [5.74, 6) is -14.0. The highest BCUT2D eigenvalue weighted by Crippen LogP contribution is 2.36. The number of hydrogen-bond donors (Lipinski definition) is 6. The van der Waals surface area contributed by atoms with Gasteiger partial charge in [0.2, 0.25) is 0 Å². The number of aryl methyl sites for hydroxylation is 1. The lowest BCUT2D eigenvalue weighted by Gasteiger charge is -2.30. The van der Waals surface area contributed by atoms with Crippen molar-refractivity contribution in [1.29, 1.82) is 5.26 Å². The number of rotatable bonds is 6. The van der Waals surface area contributed by atoms with Crippen LogP contribution in [0.3, 0.4) is 0 Å². The van der Waals surface area contributed by atoms with Crippen molar-refractivity contribution < 1.29 is 57.1 Å². The molecule has 0 atom stereocenters. The minimum absolute atomic E-state index is 0.0905. The summed E-state index contributed by atoms with van der Waals surface area (Å²) in [6.07, 6.45) is -5.10. The van der Waals surface area contributed by atoms with Crippen LogP contribution >= 0.6 is 11.6 Å². The standard InChI is InChI=1S/C26H16ClF5N4O8/c1-35-20-15(9-33)19(21(37)14-7-12(28)2-3-16(14)27)17(8-18(20)36(23(35)39)25(40,41)26(42,43)44)34-22(38)10-4-11(24(30,31)32)6-13(29)5-10/h2-8,40-44H,1H3,(H,34,38). The van der Waals surface area contributed by atoms with Gasteiger partial charge < -0.3 is 30.8 Å². The van der Waals surface area contributed by atoms with Crippen LogP contribution in [0.2, 0.25) is 5.02 Å². The van der Waals surface area contributed by atoms with Crippen LogP contribution in [0.25, 0.3) is 11.0 Å². The van der Waals surface area contributed by atoms with Crippen LogP contribution in [-0.4, -0.2) is 52.3 Å². The molecule has 0 aliphatic carbocycles. The first-order valence-corrected chi connectivity index (χ1v) is 12.1. The number of fused-ring (bicyclic) bond motifs is 1. The second kappa shape index (κ2) is 10.8. The predicted molar refractivity (Wildman–Crippen MR) is 138 cm³/mol. The number of carbonyl (C=O) groups is 2. The number of nitriles is 1. The number of ketones is 1. The molecule has 0 aliphatic heterocycles. The number of aliphatic hydroxyl groups is 5. The van der Waals surface area contributed by atoms with Crippen LogP contribution in [-0.2, 0) is 19.1 Å². The highest BCUT2D eigenvalue weighted by molar-refractivity contribution is 6.35. The maximum Gasteiger partial charge on any atom is 0.416 e. The number of halogens is 6. The van der Waals surface area contributed by atoms with Gasteiger partial charge in [0.25, 0.3) is 5.91 Å². The summed E-state index contributed by atoms with van der Waals surface area (Å²) in [4.78, 5) is 39.8. The second-order valence-corrected chi connectivity index (χ2v) is 9.64. The number of nitrogens with one attached hydrogen (secondary N) is 1. The Hall–Kier alpha value is -4.70. The summed E-state index contributed by atoms with van der Waals surface area (Å²) < 4.78 is 68.2. The molecule has 1 aromatic heterocycles. The van der Waals surface area contributed by atoms with E-state index in [1.807, 2.05) is 5.32 Å². The molecule has 44 heavy (non-hydrogen) atoms. The molecule has 0 fully saturated rings. The van der Waals surface area contributed by atoms with Crippen molar-refractivity contribution in [2.75, 3.05) is 5.32 Å². The molecule has 0 aliphatic rings. The Morgan fingerprint density at radius 1 is 0.977 bits per heavy atom. The largest absolute Gasteiger partial charge is 0.416 e. The van der Waals surface area contributed by atoms with E-state index in [9.17, 15) is 67.1 Å². The topological polar surface area (TPSA) is 198 Å². The maximum absolute atomic E-state index is 14.1. The monoisotopic (exact) mass is 642 g/mol. The highest BCUT2D eigenvalue weighted by atomic mass is 35.5. The average Bonchev–Trinajstić information content (AvgIpc) is 3.16. The van der Waals surface area contributed by atoms with Crippen molar-refractivity contribution in [3.8, 4) is 6.07 Å².